The number of aliphatic imine (C=N–C) groups is 1. The number of carbonyl (C=O) groups is 1. The van der Waals surface area contributed by atoms with E-state index in [4.69, 9.17) is 0 Å². The van der Waals surface area contributed by atoms with Gasteiger partial charge in [-0.15, -0.1) is 11.8 Å². The van der Waals surface area contributed by atoms with Crippen molar-refractivity contribution in [1.82, 2.24) is 15.5 Å². The number of hydrogen-bond donors (Lipinski definition) is 2. The fraction of sp³-hybridized carbons (Fsp3) is 0.529. The minimum atomic E-state index is -0.00564. The summed E-state index contributed by atoms with van der Waals surface area (Å²) >= 11 is 1.80. The Bertz CT molecular complexity index is 491. The van der Waals surface area contributed by atoms with Gasteiger partial charge in [-0.2, -0.15) is 0 Å². The number of benzene rings is 1. The Kier molecular flexibility index (Phi) is 9.21. The quantitative estimate of drug-likeness (QED) is 0.331. The first-order valence-electron chi connectivity index (χ1n) is 7.95. The van der Waals surface area contributed by atoms with E-state index in [1.807, 2.05) is 18.2 Å². The van der Waals surface area contributed by atoms with E-state index in [2.05, 4.69) is 41.6 Å². The van der Waals surface area contributed by atoms with Crippen molar-refractivity contribution < 1.29 is 4.79 Å². The topological polar surface area (TPSA) is 56.7 Å². The molecule has 0 aliphatic rings. The van der Waals surface area contributed by atoms with E-state index < -0.39 is 0 Å². The van der Waals surface area contributed by atoms with Crippen LogP contribution >= 0.6 is 11.8 Å². The van der Waals surface area contributed by atoms with Gasteiger partial charge in [0, 0.05) is 37.3 Å². The zero-order valence-electron chi connectivity index (χ0n) is 14.5. The lowest BCUT2D eigenvalue weighted by Crippen LogP contribution is -2.43. The maximum Gasteiger partial charge on any atom is 0.243 e. The first-order chi connectivity index (χ1) is 11.0. The van der Waals surface area contributed by atoms with Crippen molar-refractivity contribution in [2.24, 2.45) is 4.99 Å². The van der Waals surface area contributed by atoms with Crippen molar-refractivity contribution >= 4 is 23.6 Å². The third-order valence-corrected chi connectivity index (χ3v) is 4.29. The highest BCUT2D eigenvalue weighted by atomic mass is 32.2. The van der Waals surface area contributed by atoms with E-state index in [0.717, 1.165) is 18.7 Å². The van der Waals surface area contributed by atoms with Crippen LogP contribution in [0, 0.1) is 0 Å². The molecule has 0 saturated heterocycles. The van der Waals surface area contributed by atoms with Gasteiger partial charge in [-0.3, -0.25) is 4.79 Å². The van der Waals surface area contributed by atoms with Crippen LogP contribution in [-0.2, 0) is 4.79 Å². The fourth-order valence-corrected chi connectivity index (χ4v) is 2.42. The van der Waals surface area contributed by atoms with Gasteiger partial charge in [0.2, 0.25) is 5.91 Å². The van der Waals surface area contributed by atoms with E-state index >= 15 is 0 Å². The van der Waals surface area contributed by atoms with Gasteiger partial charge < -0.3 is 15.5 Å². The Morgan fingerprint density at radius 1 is 1.30 bits per heavy atom. The van der Waals surface area contributed by atoms with Crippen LogP contribution in [0.25, 0.3) is 0 Å². The molecule has 1 aromatic carbocycles. The van der Waals surface area contributed by atoms with Gasteiger partial charge in [-0.05, 0) is 25.5 Å². The second-order valence-electron chi connectivity index (χ2n) is 5.49. The average molecular weight is 337 g/mol. The smallest absolute Gasteiger partial charge is 0.243 e. The van der Waals surface area contributed by atoms with E-state index in [1.54, 1.807) is 30.8 Å². The summed E-state index contributed by atoms with van der Waals surface area (Å²) < 4.78 is 0. The van der Waals surface area contributed by atoms with Crippen LogP contribution in [-0.4, -0.2) is 55.7 Å². The van der Waals surface area contributed by atoms with Crippen molar-refractivity contribution in [1.29, 1.82) is 0 Å². The summed E-state index contributed by atoms with van der Waals surface area (Å²) in [5.41, 5.74) is 0. The van der Waals surface area contributed by atoms with Crippen molar-refractivity contribution in [3.05, 3.63) is 30.3 Å². The Hall–Kier alpha value is -1.69. The van der Waals surface area contributed by atoms with Gasteiger partial charge in [-0.1, -0.05) is 25.1 Å². The van der Waals surface area contributed by atoms with Crippen LogP contribution in [0.1, 0.15) is 20.3 Å². The molecule has 1 atom stereocenters. The van der Waals surface area contributed by atoms with Crippen molar-refractivity contribution in [3.8, 4) is 0 Å². The molecule has 0 spiro atoms. The summed E-state index contributed by atoms with van der Waals surface area (Å²) in [4.78, 5) is 18.9. The van der Waals surface area contributed by atoms with Gasteiger partial charge in [0.25, 0.3) is 0 Å². The molecule has 0 aromatic heterocycles. The van der Waals surface area contributed by atoms with Crippen LogP contribution in [0.2, 0.25) is 0 Å². The number of carbonyl (C=O) groups excluding carboxylic acids is 1. The molecule has 0 radical (unpaired) electrons. The summed E-state index contributed by atoms with van der Waals surface area (Å²) in [6, 6.07) is 10.6. The molecule has 0 aliphatic carbocycles. The zero-order chi connectivity index (χ0) is 17.1. The number of rotatable bonds is 8. The summed E-state index contributed by atoms with van der Waals surface area (Å²) in [6.45, 7) is 5.16. The van der Waals surface area contributed by atoms with Crippen LogP contribution in [0.4, 0.5) is 0 Å². The SMILES string of the molecule is CCC(C)NC(=NCC(=O)N(C)C)NCCSc1ccccc1. The molecule has 0 fully saturated rings. The highest BCUT2D eigenvalue weighted by Gasteiger charge is 2.06. The molecule has 5 nitrogen and oxygen atoms in total. The molecule has 1 rings (SSSR count). The number of thioether (sulfide) groups is 1. The molecular formula is C17H28N4OS. The van der Waals surface area contributed by atoms with Gasteiger partial charge in [-0.25, -0.2) is 4.99 Å². The molecule has 1 amide bonds. The van der Waals surface area contributed by atoms with Gasteiger partial charge in [0.05, 0.1) is 0 Å². The minimum Gasteiger partial charge on any atom is -0.356 e. The second-order valence-corrected chi connectivity index (χ2v) is 6.66. The Morgan fingerprint density at radius 2 is 2.00 bits per heavy atom. The number of guanidine groups is 1. The minimum absolute atomic E-state index is 0.00564. The lowest BCUT2D eigenvalue weighted by atomic mass is 10.3. The van der Waals surface area contributed by atoms with E-state index in [9.17, 15) is 4.79 Å². The predicted octanol–water partition coefficient (Wildman–Crippen LogP) is 2.20. The molecule has 1 unspecified atom stereocenters. The molecule has 0 bridgehead atoms. The number of nitrogens with zero attached hydrogens (tertiary/aromatic N) is 2. The maximum atomic E-state index is 11.7. The van der Waals surface area contributed by atoms with E-state index in [0.29, 0.717) is 12.0 Å². The van der Waals surface area contributed by atoms with Crippen LogP contribution < -0.4 is 10.6 Å². The van der Waals surface area contributed by atoms with Crippen molar-refractivity contribution in [2.75, 3.05) is 32.9 Å². The molecule has 0 aliphatic heterocycles. The summed E-state index contributed by atoms with van der Waals surface area (Å²) in [5.74, 6) is 1.63. The van der Waals surface area contributed by atoms with Crippen LogP contribution in [0.5, 0.6) is 0 Å². The number of amides is 1. The Balaban J connectivity index is 2.45. The summed E-state index contributed by atoms with van der Waals surface area (Å²) in [5, 5.41) is 6.62. The second kappa shape index (κ2) is 10.9. The monoisotopic (exact) mass is 336 g/mol. The van der Waals surface area contributed by atoms with Gasteiger partial charge in [0.15, 0.2) is 5.96 Å². The van der Waals surface area contributed by atoms with Crippen molar-refractivity contribution in [3.63, 3.8) is 0 Å². The van der Waals surface area contributed by atoms with Gasteiger partial charge >= 0.3 is 0 Å². The normalized spacial score (nSPS) is 12.6. The first kappa shape index (κ1) is 19.4. The van der Waals surface area contributed by atoms with Crippen molar-refractivity contribution in [2.45, 2.75) is 31.2 Å². The zero-order valence-corrected chi connectivity index (χ0v) is 15.3. The number of nitrogens with one attached hydrogen (secondary N) is 2. The molecule has 6 heteroatoms. The average Bonchev–Trinajstić information content (AvgIpc) is 2.56. The first-order valence-corrected chi connectivity index (χ1v) is 8.94. The van der Waals surface area contributed by atoms with E-state index in [-0.39, 0.29) is 12.5 Å². The molecule has 0 saturated carbocycles. The van der Waals surface area contributed by atoms with Crippen LogP contribution in [0.3, 0.4) is 0 Å². The highest BCUT2D eigenvalue weighted by molar-refractivity contribution is 7.99. The summed E-state index contributed by atoms with van der Waals surface area (Å²) in [6.07, 6.45) is 1.00. The fourth-order valence-electron chi connectivity index (χ4n) is 1.63. The third kappa shape index (κ3) is 8.50. The molecule has 23 heavy (non-hydrogen) atoms. The summed E-state index contributed by atoms with van der Waals surface area (Å²) in [7, 11) is 3.48. The Labute approximate surface area is 143 Å². The number of likely N-dealkylation sites (N-methyl/N-ethyl adjacent to an activating group) is 1. The lowest BCUT2D eigenvalue weighted by molar-refractivity contribution is -0.127. The van der Waals surface area contributed by atoms with E-state index in [1.165, 1.54) is 4.90 Å². The largest absolute Gasteiger partial charge is 0.356 e. The molecule has 1 aromatic rings. The molecule has 128 valence electrons. The van der Waals surface area contributed by atoms with Gasteiger partial charge in [0.1, 0.15) is 6.54 Å². The molecule has 0 heterocycles. The lowest BCUT2D eigenvalue weighted by Gasteiger charge is -2.17. The predicted molar refractivity (Wildman–Crippen MR) is 99.1 cm³/mol. The van der Waals surface area contributed by atoms with Crippen LogP contribution in [0.15, 0.2) is 40.2 Å². The third-order valence-electron chi connectivity index (χ3n) is 3.27. The molecular weight excluding hydrogens is 308 g/mol. The number of hydrogen-bond acceptors (Lipinski definition) is 3. The standard InChI is InChI=1S/C17H28N4OS/c1-5-14(2)20-17(19-13-16(22)21(3)4)18-11-12-23-15-9-7-6-8-10-15/h6-10,14H,5,11-13H2,1-4H3,(H2,18,19,20). The Morgan fingerprint density at radius 3 is 2.61 bits per heavy atom. The highest BCUT2D eigenvalue weighted by Crippen LogP contribution is 2.15. The maximum absolute atomic E-state index is 11.7. The molecule has 2 N–H and O–H groups in total.